The highest BCUT2D eigenvalue weighted by Crippen LogP contribution is 2.59. The molecule has 0 fully saturated rings. The fraction of sp³-hybridized carbons (Fsp3) is 0.105. The van der Waals surface area contributed by atoms with E-state index < -0.39 is 64.6 Å². The van der Waals surface area contributed by atoms with Gasteiger partial charge >= 0.3 is 0 Å². The van der Waals surface area contributed by atoms with Crippen LogP contribution in [0.2, 0.25) is 0 Å². The summed E-state index contributed by atoms with van der Waals surface area (Å²) in [4.78, 5) is 0. The summed E-state index contributed by atoms with van der Waals surface area (Å²) in [6.07, 6.45) is 0. The van der Waals surface area contributed by atoms with Crippen molar-refractivity contribution in [2.24, 2.45) is 0 Å². The summed E-state index contributed by atoms with van der Waals surface area (Å²) < 4.78 is 11.8. The molecule has 0 bridgehead atoms. The van der Waals surface area contributed by atoms with E-state index in [9.17, 15) is 0 Å². The largest absolute Gasteiger partial charge is 0.244 e. The van der Waals surface area contributed by atoms with Crippen LogP contribution in [0.1, 0.15) is 22.3 Å². The van der Waals surface area contributed by atoms with Gasteiger partial charge in [-0.1, -0.05) is 497 Å². The van der Waals surface area contributed by atoms with Crippen LogP contribution < -0.4 is 84.9 Å². The molecule has 0 amide bonds. The molecule has 0 aliphatic rings. The summed E-state index contributed by atoms with van der Waals surface area (Å²) in [6.45, 7) is 3.59. The minimum absolute atomic E-state index is 0.884. The fourth-order valence-electron chi connectivity index (χ4n) is 16.2. The van der Waals surface area contributed by atoms with Crippen molar-refractivity contribution >= 4 is 196 Å². The molecule has 0 saturated carbocycles. The normalized spacial score (nSPS) is 11.8. The standard InChI is InChI=1S/C114H106N4P8S4/c1-17-49-99(50-18-1)119(100-51-19-2-20-52-100)115(120(101-53-21-3-22-54-101)102-55-23-4-24-56-102)81-85-127-91-95-89-97(93-129-87-83-117(123(107-65-33-9-34-66-107)108-67-35-10-36-68-108)124(109-69-37-11-38-70-109)110-71-39-12-40-72-110)98(94-130-88-84-118(125(111-73-41-13-42-74-111)112-75-43-14-44-76-112)126(113-77-45-15-46-78-113)114-79-47-16-48-80-114)90-96(95)92-128-86-82-116(121(103-57-25-5-26-58-103)104-59-27-6-28-60-104)122(105-61-29-7-30-62-105)106-63-31-8-32-64-106/h1-80,89-90H,81-88,91-94H2. The van der Waals surface area contributed by atoms with E-state index in [1.54, 1.807) is 0 Å². The van der Waals surface area contributed by atoms with Gasteiger partial charge in [-0.05, 0) is 107 Å². The molecule has 4 nitrogen and oxygen atoms in total. The third kappa shape index (κ3) is 24.9. The van der Waals surface area contributed by atoms with E-state index >= 15 is 0 Å². The fourth-order valence-corrected chi connectivity index (χ4v) is 45.2. The van der Waals surface area contributed by atoms with Gasteiger partial charge in [0.2, 0.25) is 0 Å². The molecular weight excluding hydrogens is 1800 g/mol. The van der Waals surface area contributed by atoms with Crippen LogP contribution in [0.25, 0.3) is 0 Å². The molecule has 17 aromatic carbocycles. The van der Waals surface area contributed by atoms with Crippen molar-refractivity contribution < 1.29 is 0 Å². The molecule has 130 heavy (non-hydrogen) atoms. The van der Waals surface area contributed by atoms with Crippen molar-refractivity contribution in [2.45, 2.75) is 23.0 Å². The Morgan fingerprint density at radius 2 is 0.223 bits per heavy atom. The molecule has 0 aliphatic carbocycles. The molecule has 0 unspecified atom stereocenters. The van der Waals surface area contributed by atoms with Gasteiger partial charge in [-0.15, -0.1) is 0 Å². The number of benzene rings is 17. The van der Waals surface area contributed by atoms with Crippen molar-refractivity contribution in [2.75, 3.05) is 49.2 Å². The van der Waals surface area contributed by atoms with Gasteiger partial charge in [0, 0.05) is 137 Å². The molecule has 0 aromatic heterocycles. The Bertz CT molecular complexity index is 4720. The average molecular weight is 1910 g/mol. The van der Waals surface area contributed by atoms with Crippen LogP contribution in [0, 0.1) is 0 Å². The number of nitrogens with zero attached hydrogens (tertiary/aromatic N) is 4. The van der Waals surface area contributed by atoms with Gasteiger partial charge in [-0.25, -0.2) is 17.8 Å². The summed E-state index contributed by atoms with van der Waals surface area (Å²) >= 11 is 8.50. The second kappa shape index (κ2) is 50.0. The Kier molecular flexibility index (Phi) is 35.8. The summed E-state index contributed by atoms with van der Waals surface area (Å²) in [7, 11) is -7.83. The SMILES string of the molecule is c1ccc(P(c2ccccc2)N(CCSCc2cc(CSCCN(P(c3ccccc3)c3ccccc3)P(c3ccccc3)c3ccccc3)c(CSCCN(P(c3ccccc3)c3ccccc3)P(c3ccccc3)c3ccccc3)cc2CSCCN(P(c2ccccc2)c2ccccc2)P(c2ccccc2)c2ccccc2)P(c2ccccc2)c2ccccc2)cc1. The first-order valence-corrected chi connectivity index (χ1v) is 59.4. The lowest BCUT2D eigenvalue weighted by atomic mass is 10.0. The van der Waals surface area contributed by atoms with Crippen LogP contribution in [-0.2, 0) is 23.0 Å². The van der Waals surface area contributed by atoms with Crippen LogP contribution in [0.15, 0.2) is 497 Å². The Hall–Kier alpha value is -8.58. The topological polar surface area (TPSA) is 13.0 Å². The van der Waals surface area contributed by atoms with Gasteiger partial charge in [-0.3, -0.25) is 0 Å². The zero-order valence-corrected chi connectivity index (χ0v) is 83.2. The second-order valence-electron chi connectivity index (χ2n) is 30.8. The van der Waals surface area contributed by atoms with E-state index in [1.165, 1.54) is 107 Å². The van der Waals surface area contributed by atoms with Gasteiger partial charge in [0.1, 0.15) is 0 Å². The maximum Gasteiger partial charge on any atom is 0.0323 e. The molecule has 0 spiro atoms. The Balaban J connectivity index is 0.773. The van der Waals surface area contributed by atoms with Crippen molar-refractivity contribution in [3.05, 3.63) is 520 Å². The summed E-state index contributed by atoms with van der Waals surface area (Å²) in [5.74, 6) is 7.31. The predicted molar refractivity (Wildman–Crippen MR) is 590 cm³/mol. The van der Waals surface area contributed by atoms with E-state index in [0.29, 0.717) is 0 Å². The Labute approximate surface area is 799 Å². The maximum absolute atomic E-state index is 2.94. The van der Waals surface area contributed by atoms with Gasteiger partial charge in [0.05, 0.1) is 0 Å². The highest BCUT2D eigenvalue weighted by atomic mass is 32.2. The Morgan fingerprint density at radius 3 is 0.315 bits per heavy atom. The highest BCUT2D eigenvalue weighted by Gasteiger charge is 2.37. The molecule has 0 radical (unpaired) electrons. The lowest BCUT2D eigenvalue weighted by Gasteiger charge is -2.39. The van der Waals surface area contributed by atoms with E-state index in [-0.39, 0.29) is 0 Å². The van der Waals surface area contributed by atoms with Crippen LogP contribution in [0.3, 0.4) is 0 Å². The zero-order chi connectivity index (χ0) is 87.8. The van der Waals surface area contributed by atoms with E-state index in [4.69, 9.17) is 0 Å². The lowest BCUT2D eigenvalue weighted by Crippen LogP contribution is -2.33. The zero-order valence-electron chi connectivity index (χ0n) is 72.8. The molecule has 17 aromatic rings. The molecule has 646 valence electrons. The van der Waals surface area contributed by atoms with Crippen LogP contribution >= 0.6 is 112 Å². The number of hydrogen-bond donors (Lipinski definition) is 0. The monoisotopic (exact) mass is 1910 g/mol. The maximum atomic E-state index is 2.94. The number of rotatable bonds is 44. The van der Waals surface area contributed by atoms with Crippen LogP contribution in [0.4, 0.5) is 0 Å². The average Bonchev–Trinajstić information content (AvgIpc) is 0.794. The van der Waals surface area contributed by atoms with E-state index in [2.05, 4.69) is 562 Å². The number of hydrogen-bond acceptors (Lipinski definition) is 8. The van der Waals surface area contributed by atoms with Gasteiger partial charge in [-0.2, -0.15) is 47.0 Å². The molecule has 0 heterocycles. The summed E-state index contributed by atoms with van der Waals surface area (Å²) in [5.41, 5.74) is 5.81. The van der Waals surface area contributed by atoms with Crippen molar-refractivity contribution in [3.63, 3.8) is 0 Å². The smallest absolute Gasteiger partial charge is 0.0323 e. The Morgan fingerprint density at radius 1 is 0.131 bits per heavy atom. The van der Waals surface area contributed by atoms with Crippen molar-refractivity contribution in [1.82, 2.24) is 17.8 Å². The molecule has 0 atom stereocenters. The van der Waals surface area contributed by atoms with E-state index in [1.807, 2.05) is 0 Å². The van der Waals surface area contributed by atoms with E-state index in [0.717, 1.165) is 72.2 Å². The molecule has 17 rings (SSSR count). The third-order valence-electron chi connectivity index (χ3n) is 22.2. The molecule has 0 saturated heterocycles. The van der Waals surface area contributed by atoms with Crippen molar-refractivity contribution in [1.29, 1.82) is 0 Å². The van der Waals surface area contributed by atoms with Crippen LogP contribution in [0.5, 0.6) is 0 Å². The van der Waals surface area contributed by atoms with Crippen molar-refractivity contribution in [3.8, 4) is 0 Å². The number of thioether (sulfide) groups is 4. The highest BCUT2D eigenvalue weighted by molar-refractivity contribution is 7.99. The van der Waals surface area contributed by atoms with Crippen LogP contribution in [-0.4, -0.2) is 67.0 Å². The second-order valence-corrected chi connectivity index (χ2v) is 53.6. The summed E-state index contributed by atoms with van der Waals surface area (Å²) in [5, 5.41) is 21.9. The lowest BCUT2D eigenvalue weighted by molar-refractivity contribution is 0.771. The molecule has 0 N–H and O–H groups in total. The predicted octanol–water partition coefficient (Wildman–Crippen LogP) is 24.2. The quantitative estimate of drug-likeness (QED) is 0.0273. The van der Waals surface area contributed by atoms with Gasteiger partial charge in [0.25, 0.3) is 0 Å². The molecule has 0 aliphatic heterocycles. The third-order valence-corrected chi connectivity index (χ3v) is 48.3. The first-order valence-electron chi connectivity index (χ1n) is 44.4. The molecule has 16 heteroatoms. The summed E-state index contributed by atoms with van der Waals surface area (Å²) in [6, 6.07) is 188. The molecular formula is C114H106N4P8S4. The van der Waals surface area contributed by atoms with Gasteiger partial charge in [0.15, 0.2) is 0 Å². The minimum atomic E-state index is -0.979. The van der Waals surface area contributed by atoms with Gasteiger partial charge < -0.3 is 0 Å². The first kappa shape index (κ1) is 93.2. The first-order chi connectivity index (χ1) is 64.6. The minimum Gasteiger partial charge on any atom is -0.244 e.